The van der Waals surface area contributed by atoms with Crippen LogP contribution in [0, 0.1) is 5.41 Å². The predicted molar refractivity (Wildman–Crippen MR) is 76.4 cm³/mol. The summed E-state index contributed by atoms with van der Waals surface area (Å²) in [4.78, 5) is 2.33. The lowest BCUT2D eigenvalue weighted by Crippen LogP contribution is -2.43. The molecule has 0 aliphatic carbocycles. The zero-order valence-electron chi connectivity index (χ0n) is 12.0. The van der Waals surface area contributed by atoms with Crippen molar-refractivity contribution in [3.05, 3.63) is 17.7 Å². The summed E-state index contributed by atoms with van der Waals surface area (Å²) < 4.78 is 11.1. The lowest BCUT2D eigenvalue weighted by Gasteiger charge is -2.41. The molecule has 1 atom stereocenters. The molecule has 1 spiro atoms. The van der Waals surface area contributed by atoms with Gasteiger partial charge in [-0.25, -0.2) is 0 Å². The highest BCUT2D eigenvalue weighted by molar-refractivity contribution is 5.69. The molecule has 0 radical (unpaired) electrons. The molecule has 0 amide bonds. The molecule has 4 heteroatoms. The molecular weight excluding hydrogens is 240 g/mol. The van der Waals surface area contributed by atoms with Gasteiger partial charge in [-0.15, -0.1) is 0 Å². The lowest BCUT2D eigenvalue weighted by molar-refractivity contribution is 0.302. The minimum atomic E-state index is 0.349. The molecule has 1 unspecified atom stereocenters. The van der Waals surface area contributed by atoms with Gasteiger partial charge in [0.1, 0.15) is 11.5 Å². The highest BCUT2D eigenvalue weighted by atomic mass is 16.5. The Morgan fingerprint density at radius 1 is 1.21 bits per heavy atom. The third-order valence-electron chi connectivity index (χ3n) is 4.48. The van der Waals surface area contributed by atoms with E-state index in [1.165, 1.54) is 17.7 Å². The number of ether oxygens (including phenoxy) is 2. The van der Waals surface area contributed by atoms with Gasteiger partial charge in [-0.05, 0) is 31.5 Å². The van der Waals surface area contributed by atoms with E-state index in [9.17, 15) is 0 Å². The molecule has 0 saturated carbocycles. The van der Waals surface area contributed by atoms with Gasteiger partial charge in [0.2, 0.25) is 0 Å². The normalized spacial score (nSPS) is 25.5. The van der Waals surface area contributed by atoms with E-state index in [4.69, 9.17) is 9.47 Å². The molecule has 19 heavy (non-hydrogen) atoms. The Bertz CT molecular complexity index is 481. The van der Waals surface area contributed by atoms with Gasteiger partial charge in [0.05, 0.1) is 19.9 Å². The minimum Gasteiger partial charge on any atom is -0.496 e. The summed E-state index contributed by atoms with van der Waals surface area (Å²) in [6, 6.07) is 4.02. The number of methoxy groups -OCH3 is 2. The van der Waals surface area contributed by atoms with Crippen molar-refractivity contribution in [2.75, 3.05) is 45.8 Å². The highest BCUT2D eigenvalue weighted by Crippen LogP contribution is 2.47. The van der Waals surface area contributed by atoms with Crippen LogP contribution in [0.2, 0.25) is 0 Å². The molecule has 1 aromatic rings. The Hall–Kier alpha value is -1.42. The van der Waals surface area contributed by atoms with Gasteiger partial charge in [0.25, 0.3) is 0 Å². The van der Waals surface area contributed by atoms with Crippen molar-refractivity contribution in [3.63, 3.8) is 0 Å². The van der Waals surface area contributed by atoms with Crippen LogP contribution in [0.15, 0.2) is 12.1 Å². The van der Waals surface area contributed by atoms with Gasteiger partial charge in [0, 0.05) is 31.1 Å². The first kappa shape index (κ1) is 12.6. The molecule has 0 bridgehead atoms. The molecule has 4 nitrogen and oxygen atoms in total. The van der Waals surface area contributed by atoms with E-state index >= 15 is 0 Å². The smallest absolute Gasteiger partial charge is 0.142 e. The fourth-order valence-corrected chi connectivity index (χ4v) is 3.64. The largest absolute Gasteiger partial charge is 0.496 e. The lowest BCUT2D eigenvalue weighted by atomic mass is 9.76. The maximum Gasteiger partial charge on any atom is 0.142 e. The fraction of sp³-hybridized carbons (Fsp3) is 0.600. The van der Waals surface area contributed by atoms with Gasteiger partial charge in [-0.3, -0.25) is 0 Å². The second-order valence-corrected chi connectivity index (χ2v) is 5.76. The molecule has 1 N–H and O–H groups in total. The number of anilines is 1. The Morgan fingerprint density at radius 3 is 2.58 bits per heavy atom. The number of hydrogen-bond donors (Lipinski definition) is 1. The first-order valence-electron chi connectivity index (χ1n) is 6.85. The van der Waals surface area contributed by atoms with E-state index in [0.29, 0.717) is 5.41 Å². The number of rotatable bonds is 2. The van der Waals surface area contributed by atoms with Crippen molar-refractivity contribution in [2.24, 2.45) is 5.41 Å². The second kappa shape index (κ2) is 4.60. The fourth-order valence-electron chi connectivity index (χ4n) is 3.64. The maximum absolute atomic E-state index is 5.56. The maximum atomic E-state index is 5.56. The van der Waals surface area contributed by atoms with Crippen LogP contribution in [0.1, 0.15) is 12.0 Å². The van der Waals surface area contributed by atoms with Crippen LogP contribution in [0.25, 0.3) is 0 Å². The number of nitrogens with zero attached hydrogens (tertiary/aromatic N) is 1. The number of benzene rings is 1. The van der Waals surface area contributed by atoms with Crippen LogP contribution in [-0.4, -0.2) is 40.9 Å². The van der Waals surface area contributed by atoms with Crippen LogP contribution in [0.4, 0.5) is 5.69 Å². The van der Waals surface area contributed by atoms with Crippen molar-refractivity contribution in [3.8, 4) is 11.5 Å². The highest BCUT2D eigenvalue weighted by Gasteiger charge is 2.41. The van der Waals surface area contributed by atoms with Crippen molar-refractivity contribution in [1.29, 1.82) is 0 Å². The van der Waals surface area contributed by atoms with Crippen LogP contribution in [0.3, 0.4) is 0 Å². The predicted octanol–water partition coefficient (Wildman–Crippen LogP) is 1.68. The molecule has 1 saturated heterocycles. The zero-order chi connectivity index (χ0) is 13.5. The van der Waals surface area contributed by atoms with Crippen LogP contribution in [-0.2, 0) is 6.42 Å². The third-order valence-corrected chi connectivity index (χ3v) is 4.48. The molecular formula is C15H22N2O2. The Labute approximate surface area is 114 Å². The van der Waals surface area contributed by atoms with Crippen LogP contribution in [0.5, 0.6) is 11.5 Å². The summed E-state index contributed by atoms with van der Waals surface area (Å²) in [5.74, 6) is 1.92. The number of fused-ring (bicyclic) bond motifs is 1. The topological polar surface area (TPSA) is 33.7 Å². The van der Waals surface area contributed by atoms with E-state index in [1.54, 1.807) is 14.2 Å². The molecule has 3 rings (SSSR count). The first-order valence-corrected chi connectivity index (χ1v) is 6.85. The summed E-state index contributed by atoms with van der Waals surface area (Å²) in [7, 11) is 5.63. The summed E-state index contributed by atoms with van der Waals surface area (Å²) in [6.07, 6.45) is 2.30. The van der Waals surface area contributed by atoms with Crippen molar-refractivity contribution in [1.82, 2.24) is 5.32 Å². The SMILES string of the molecule is COc1ccc(OC)c2c1CC1(CCNC1)CN2C. The molecule has 1 aromatic carbocycles. The Kier molecular flexibility index (Phi) is 3.05. The molecule has 2 aliphatic heterocycles. The average Bonchev–Trinajstić information content (AvgIpc) is 2.85. The second-order valence-electron chi connectivity index (χ2n) is 5.76. The van der Waals surface area contributed by atoms with E-state index in [2.05, 4.69) is 17.3 Å². The molecule has 2 heterocycles. The molecule has 0 aromatic heterocycles. The standard InChI is InChI=1S/C15H22N2O2/c1-17-10-15(6-7-16-9-15)8-11-12(18-2)4-5-13(19-3)14(11)17/h4-5,16H,6-10H2,1-3H3. The van der Waals surface area contributed by atoms with E-state index in [1.807, 2.05) is 12.1 Å². The van der Waals surface area contributed by atoms with Gasteiger partial charge in [0.15, 0.2) is 0 Å². The Balaban J connectivity index is 2.09. The zero-order valence-corrected chi connectivity index (χ0v) is 12.0. The van der Waals surface area contributed by atoms with Gasteiger partial charge in [-0.2, -0.15) is 0 Å². The molecule has 1 fully saturated rings. The minimum absolute atomic E-state index is 0.349. The number of nitrogens with one attached hydrogen (secondary N) is 1. The summed E-state index contributed by atoms with van der Waals surface area (Å²) >= 11 is 0. The van der Waals surface area contributed by atoms with Gasteiger partial charge < -0.3 is 19.7 Å². The monoisotopic (exact) mass is 262 g/mol. The van der Waals surface area contributed by atoms with Crippen molar-refractivity contribution < 1.29 is 9.47 Å². The Morgan fingerprint density at radius 2 is 1.95 bits per heavy atom. The quantitative estimate of drug-likeness (QED) is 0.879. The van der Waals surface area contributed by atoms with Gasteiger partial charge >= 0.3 is 0 Å². The van der Waals surface area contributed by atoms with Crippen LogP contribution >= 0.6 is 0 Å². The summed E-state index contributed by atoms with van der Waals surface area (Å²) in [5, 5.41) is 3.50. The first-order chi connectivity index (χ1) is 9.19. The third kappa shape index (κ3) is 1.94. The summed E-state index contributed by atoms with van der Waals surface area (Å²) in [5.41, 5.74) is 2.83. The van der Waals surface area contributed by atoms with E-state index in [0.717, 1.165) is 37.6 Å². The van der Waals surface area contributed by atoms with Crippen LogP contribution < -0.4 is 19.7 Å². The average molecular weight is 262 g/mol. The molecule has 2 aliphatic rings. The number of hydrogen-bond acceptors (Lipinski definition) is 4. The van der Waals surface area contributed by atoms with Crippen molar-refractivity contribution >= 4 is 5.69 Å². The summed E-state index contributed by atoms with van der Waals surface area (Å²) in [6.45, 7) is 3.29. The van der Waals surface area contributed by atoms with Gasteiger partial charge in [-0.1, -0.05) is 0 Å². The molecule has 104 valence electrons. The van der Waals surface area contributed by atoms with Crippen molar-refractivity contribution in [2.45, 2.75) is 12.8 Å². The van der Waals surface area contributed by atoms with E-state index < -0.39 is 0 Å². The van der Waals surface area contributed by atoms with E-state index in [-0.39, 0.29) is 0 Å².